The molecule has 1 heterocycles. The fourth-order valence-corrected chi connectivity index (χ4v) is 3.69. The van der Waals surface area contributed by atoms with Crippen molar-refractivity contribution in [2.24, 2.45) is 0 Å². The minimum absolute atomic E-state index is 0.126. The molecule has 1 aromatic heterocycles. The predicted octanol–water partition coefficient (Wildman–Crippen LogP) is 4.90. The largest absolute Gasteiger partial charge is 0.348 e. The van der Waals surface area contributed by atoms with Crippen LogP contribution in [0.5, 0.6) is 0 Å². The molecule has 0 saturated carbocycles. The third kappa shape index (κ3) is 1.86. The Kier molecular flexibility index (Phi) is 2.74. The van der Waals surface area contributed by atoms with Gasteiger partial charge < -0.3 is 4.57 Å². The lowest BCUT2D eigenvalue weighted by Crippen LogP contribution is -2.07. The molecule has 0 bridgehead atoms. The molecule has 24 heavy (non-hydrogen) atoms. The van der Waals surface area contributed by atoms with E-state index >= 15 is 0 Å². The summed E-state index contributed by atoms with van der Waals surface area (Å²) < 4.78 is 2.11. The SMILES string of the molecule is O=C1c2cn(Cc3ccccc3)cc2-c2cccc3cccc1c23. The van der Waals surface area contributed by atoms with Crippen LogP contribution in [0.3, 0.4) is 0 Å². The maximum atomic E-state index is 12.9. The first-order chi connectivity index (χ1) is 11.8. The van der Waals surface area contributed by atoms with Gasteiger partial charge in [-0.05, 0) is 16.5 Å². The van der Waals surface area contributed by atoms with Crippen LogP contribution in [0.25, 0.3) is 21.9 Å². The second-order valence-electron chi connectivity index (χ2n) is 6.28. The second-order valence-corrected chi connectivity index (χ2v) is 6.28. The summed E-state index contributed by atoms with van der Waals surface area (Å²) in [5.74, 6) is 0.126. The summed E-state index contributed by atoms with van der Waals surface area (Å²) in [7, 11) is 0. The van der Waals surface area contributed by atoms with Gasteiger partial charge in [-0.3, -0.25) is 4.79 Å². The first-order valence-electron chi connectivity index (χ1n) is 8.12. The van der Waals surface area contributed by atoms with Gasteiger partial charge in [-0.15, -0.1) is 0 Å². The molecule has 3 aromatic carbocycles. The van der Waals surface area contributed by atoms with Crippen LogP contribution in [0, 0.1) is 0 Å². The minimum Gasteiger partial charge on any atom is -0.348 e. The van der Waals surface area contributed by atoms with Gasteiger partial charge in [0.1, 0.15) is 0 Å². The Balaban J connectivity index is 1.70. The van der Waals surface area contributed by atoms with Crippen LogP contribution < -0.4 is 0 Å². The normalized spacial score (nSPS) is 12.4. The Hall–Kier alpha value is -3.13. The molecule has 0 aliphatic heterocycles. The molecule has 0 N–H and O–H groups in total. The highest BCUT2D eigenvalue weighted by atomic mass is 16.1. The predicted molar refractivity (Wildman–Crippen MR) is 96.4 cm³/mol. The summed E-state index contributed by atoms with van der Waals surface area (Å²) in [5.41, 5.74) is 5.04. The summed E-state index contributed by atoms with van der Waals surface area (Å²) in [6, 6.07) is 22.5. The number of aromatic nitrogens is 1. The third-order valence-corrected chi connectivity index (χ3v) is 4.77. The summed E-state index contributed by atoms with van der Waals surface area (Å²) in [6.45, 7) is 0.771. The number of hydrogen-bond acceptors (Lipinski definition) is 1. The van der Waals surface area contributed by atoms with Gasteiger partial charge in [0.25, 0.3) is 0 Å². The average Bonchev–Trinajstić information content (AvgIpc) is 3.04. The molecule has 0 spiro atoms. The molecule has 5 rings (SSSR count). The van der Waals surface area contributed by atoms with Gasteiger partial charge in [0, 0.05) is 41.0 Å². The van der Waals surface area contributed by atoms with Crippen LogP contribution in [0.4, 0.5) is 0 Å². The van der Waals surface area contributed by atoms with Gasteiger partial charge in [-0.25, -0.2) is 0 Å². The molecule has 1 aliphatic rings. The van der Waals surface area contributed by atoms with E-state index in [0.29, 0.717) is 0 Å². The number of nitrogens with zero attached hydrogens (tertiary/aromatic N) is 1. The van der Waals surface area contributed by atoms with Gasteiger partial charge in [0.05, 0.1) is 0 Å². The van der Waals surface area contributed by atoms with Crippen LogP contribution >= 0.6 is 0 Å². The van der Waals surface area contributed by atoms with Crippen molar-refractivity contribution in [1.82, 2.24) is 4.57 Å². The Labute approximate surface area is 140 Å². The molecule has 0 saturated heterocycles. The van der Waals surface area contributed by atoms with E-state index in [1.54, 1.807) is 0 Å². The van der Waals surface area contributed by atoms with Gasteiger partial charge in [0.15, 0.2) is 5.78 Å². The number of rotatable bonds is 2. The van der Waals surface area contributed by atoms with Crippen molar-refractivity contribution < 1.29 is 4.79 Å². The molecular weight excluding hydrogens is 294 g/mol. The van der Waals surface area contributed by atoms with Crippen LogP contribution in [0.15, 0.2) is 79.1 Å². The topological polar surface area (TPSA) is 22.0 Å². The standard InChI is InChI=1S/C22H15NO/c24-22-18-11-5-9-16-8-4-10-17(21(16)18)19-13-23(14-20(19)22)12-15-6-2-1-3-7-15/h1-11,13-14H,12H2. The van der Waals surface area contributed by atoms with E-state index in [2.05, 4.69) is 47.2 Å². The van der Waals surface area contributed by atoms with E-state index in [0.717, 1.165) is 39.6 Å². The van der Waals surface area contributed by atoms with Crippen LogP contribution in [-0.4, -0.2) is 10.4 Å². The quantitative estimate of drug-likeness (QED) is 0.454. The molecule has 0 unspecified atom stereocenters. The molecular formula is C22H15NO. The lowest BCUT2D eigenvalue weighted by Gasteiger charge is -2.16. The van der Waals surface area contributed by atoms with Gasteiger partial charge >= 0.3 is 0 Å². The van der Waals surface area contributed by atoms with Crippen LogP contribution in [0.2, 0.25) is 0 Å². The zero-order chi connectivity index (χ0) is 16.1. The summed E-state index contributed by atoms with van der Waals surface area (Å²) in [4.78, 5) is 12.9. The van der Waals surface area contributed by atoms with Gasteiger partial charge in [0.2, 0.25) is 0 Å². The van der Waals surface area contributed by atoms with Crippen molar-refractivity contribution in [2.75, 3.05) is 0 Å². The lowest BCUT2D eigenvalue weighted by atomic mass is 9.85. The number of hydrogen-bond donors (Lipinski definition) is 0. The third-order valence-electron chi connectivity index (χ3n) is 4.77. The summed E-state index contributed by atoms with van der Waals surface area (Å²) in [6.07, 6.45) is 4.09. The number of fused-ring (bicyclic) bond motifs is 2. The Morgan fingerprint density at radius 3 is 2.17 bits per heavy atom. The van der Waals surface area contributed by atoms with Crippen molar-refractivity contribution in [1.29, 1.82) is 0 Å². The molecule has 2 nitrogen and oxygen atoms in total. The first kappa shape index (κ1) is 13.3. The first-order valence-corrected chi connectivity index (χ1v) is 8.12. The molecule has 0 amide bonds. The summed E-state index contributed by atoms with van der Waals surface area (Å²) >= 11 is 0. The monoisotopic (exact) mass is 309 g/mol. The Morgan fingerprint density at radius 1 is 0.667 bits per heavy atom. The smallest absolute Gasteiger partial charge is 0.195 e. The highest BCUT2D eigenvalue weighted by Crippen LogP contribution is 2.39. The van der Waals surface area contributed by atoms with E-state index in [-0.39, 0.29) is 5.78 Å². The zero-order valence-electron chi connectivity index (χ0n) is 13.1. The average molecular weight is 309 g/mol. The minimum atomic E-state index is 0.126. The maximum absolute atomic E-state index is 12.9. The molecule has 0 fully saturated rings. The molecule has 114 valence electrons. The maximum Gasteiger partial charge on any atom is 0.195 e. The fourth-order valence-electron chi connectivity index (χ4n) is 3.69. The van der Waals surface area contributed by atoms with Gasteiger partial charge in [-0.1, -0.05) is 66.7 Å². The fraction of sp³-hybridized carbons (Fsp3) is 0.0455. The Morgan fingerprint density at radius 2 is 1.38 bits per heavy atom. The van der Waals surface area contributed by atoms with Crippen molar-refractivity contribution in [3.8, 4) is 11.1 Å². The molecule has 0 atom stereocenters. The van der Waals surface area contributed by atoms with E-state index in [4.69, 9.17) is 0 Å². The molecule has 0 radical (unpaired) electrons. The Bertz CT molecular complexity index is 1080. The molecule has 1 aliphatic carbocycles. The van der Waals surface area contributed by atoms with E-state index in [1.807, 2.05) is 36.5 Å². The number of benzene rings is 3. The number of ketones is 1. The summed E-state index contributed by atoms with van der Waals surface area (Å²) in [5, 5.41) is 2.20. The van der Waals surface area contributed by atoms with Gasteiger partial charge in [-0.2, -0.15) is 0 Å². The van der Waals surface area contributed by atoms with Crippen LogP contribution in [0.1, 0.15) is 21.5 Å². The molecule has 2 heteroatoms. The van der Waals surface area contributed by atoms with E-state index < -0.39 is 0 Å². The zero-order valence-corrected chi connectivity index (χ0v) is 13.1. The van der Waals surface area contributed by atoms with Crippen molar-refractivity contribution >= 4 is 16.6 Å². The van der Waals surface area contributed by atoms with Crippen LogP contribution in [-0.2, 0) is 6.54 Å². The number of carbonyl (C=O) groups is 1. The highest BCUT2D eigenvalue weighted by molar-refractivity contribution is 6.25. The number of carbonyl (C=O) groups excluding carboxylic acids is 1. The van der Waals surface area contributed by atoms with Crippen molar-refractivity contribution in [3.05, 3.63) is 95.8 Å². The molecule has 4 aromatic rings. The van der Waals surface area contributed by atoms with E-state index in [1.165, 1.54) is 5.56 Å². The van der Waals surface area contributed by atoms with Crippen molar-refractivity contribution in [2.45, 2.75) is 6.54 Å². The highest BCUT2D eigenvalue weighted by Gasteiger charge is 2.26. The lowest BCUT2D eigenvalue weighted by molar-refractivity contribution is 0.104. The van der Waals surface area contributed by atoms with E-state index in [9.17, 15) is 4.79 Å². The second kappa shape index (κ2) is 4.93. The van der Waals surface area contributed by atoms with Crippen molar-refractivity contribution in [3.63, 3.8) is 0 Å².